The first-order valence-electron chi connectivity index (χ1n) is 6.37. The fraction of sp³-hybridized carbons (Fsp3) is 0.571. The molecule has 2 aliphatic rings. The van der Waals surface area contributed by atoms with Crippen molar-refractivity contribution in [2.45, 2.75) is 38.1 Å². The van der Waals surface area contributed by atoms with Gasteiger partial charge in [0.25, 0.3) is 0 Å². The fourth-order valence-corrected chi connectivity index (χ4v) is 2.99. The van der Waals surface area contributed by atoms with E-state index < -0.39 is 0 Å². The Kier molecular flexibility index (Phi) is 2.51. The highest BCUT2D eigenvalue weighted by Gasteiger charge is 2.34. The molecule has 92 valence electrons. The summed E-state index contributed by atoms with van der Waals surface area (Å²) in [5.41, 5.74) is 7.45. The molecule has 1 aromatic rings. The Balaban J connectivity index is 1.92. The van der Waals surface area contributed by atoms with Crippen LogP contribution >= 0.6 is 0 Å². The lowest BCUT2D eigenvalue weighted by molar-refractivity contribution is 0.174. The van der Waals surface area contributed by atoms with Gasteiger partial charge in [0, 0.05) is 5.54 Å². The Morgan fingerprint density at radius 2 is 1.88 bits per heavy atom. The number of nitrogens with two attached hydrogens (primary N) is 1. The molecule has 0 amide bonds. The smallest absolute Gasteiger partial charge is 0.231 e. The van der Waals surface area contributed by atoms with Crippen LogP contribution in [-0.2, 0) is 5.54 Å². The van der Waals surface area contributed by atoms with Crippen LogP contribution in [0.15, 0.2) is 18.2 Å². The van der Waals surface area contributed by atoms with E-state index in [9.17, 15) is 0 Å². The molecule has 0 aromatic heterocycles. The molecule has 0 bridgehead atoms. The second kappa shape index (κ2) is 3.91. The summed E-state index contributed by atoms with van der Waals surface area (Å²) in [7, 11) is 0. The van der Waals surface area contributed by atoms with Crippen LogP contribution in [0.4, 0.5) is 0 Å². The number of fused-ring (bicyclic) bond motifs is 1. The van der Waals surface area contributed by atoms with Crippen molar-refractivity contribution in [3.05, 3.63) is 23.8 Å². The largest absolute Gasteiger partial charge is 0.454 e. The van der Waals surface area contributed by atoms with Gasteiger partial charge in [0.05, 0.1) is 0 Å². The van der Waals surface area contributed by atoms with Crippen LogP contribution in [0.5, 0.6) is 11.5 Å². The van der Waals surface area contributed by atoms with Crippen molar-refractivity contribution < 1.29 is 9.47 Å². The first-order chi connectivity index (χ1) is 8.18. The summed E-state index contributed by atoms with van der Waals surface area (Å²) in [6.45, 7) is 2.46. The molecule has 1 aliphatic carbocycles. The summed E-state index contributed by atoms with van der Waals surface area (Å²) in [5.74, 6) is 2.25. The first kappa shape index (κ1) is 10.9. The van der Waals surface area contributed by atoms with Gasteiger partial charge in [-0.3, -0.25) is 0 Å². The van der Waals surface area contributed by atoms with Crippen LogP contribution in [0, 0.1) is 5.92 Å². The average molecular weight is 233 g/mol. The molecule has 1 aromatic carbocycles. The summed E-state index contributed by atoms with van der Waals surface area (Å²) >= 11 is 0. The van der Waals surface area contributed by atoms with Crippen LogP contribution in [-0.4, -0.2) is 6.79 Å². The summed E-state index contributed by atoms with van der Waals surface area (Å²) in [6.07, 6.45) is 5.09. The average Bonchev–Trinajstić information content (AvgIpc) is 2.99. The van der Waals surface area contributed by atoms with Gasteiger partial charge in [-0.05, 0) is 43.4 Å². The minimum atomic E-state index is -0.252. The zero-order valence-electron chi connectivity index (χ0n) is 10.2. The van der Waals surface area contributed by atoms with Gasteiger partial charge in [-0.2, -0.15) is 0 Å². The third-order valence-electron chi connectivity index (χ3n) is 4.20. The topological polar surface area (TPSA) is 44.5 Å². The SMILES string of the molecule is CC(N)(c1ccc2c(c1)OCO2)C1CCCC1. The summed E-state index contributed by atoms with van der Waals surface area (Å²) in [5, 5.41) is 0. The zero-order chi connectivity index (χ0) is 11.9. The Morgan fingerprint density at radius 1 is 1.18 bits per heavy atom. The molecule has 1 unspecified atom stereocenters. The van der Waals surface area contributed by atoms with Gasteiger partial charge in [0.1, 0.15) is 0 Å². The van der Waals surface area contributed by atoms with Crippen LogP contribution in [0.3, 0.4) is 0 Å². The van der Waals surface area contributed by atoms with Gasteiger partial charge in [0.2, 0.25) is 6.79 Å². The molecule has 1 atom stereocenters. The number of rotatable bonds is 2. The Bertz CT molecular complexity index is 422. The third kappa shape index (κ3) is 1.78. The van der Waals surface area contributed by atoms with Gasteiger partial charge in [0.15, 0.2) is 11.5 Å². The molecule has 0 radical (unpaired) electrons. The molecule has 3 nitrogen and oxygen atoms in total. The van der Waals surface area contributed by atoms with Crippen molar-refractivity contribution in [1.82, 2.24) is 0 Å². The Labute approximate surface area is 102 Å². The molecule has 0 spiro atoms. The van der Waals surface area contributed by atoms with E-state index in [1.807, 2.05) is 12.1 Å². The third-order valence-corrected chi connectivity index (χ3v) is 4.20. The van der Waals surface area contributed by atoms with Gasteiger partial charge in [-0.25, -0.2) is 0 Å². The fourth-order valence-electron chi connectivity index (χ4n) is 2.99. The molecule has 3 heteroatoms. The molecule has 1 aliphatic heterocycles. The number of ether oxygens (including phenoxy) is 2. The quantitative estimate of drug-likeness (QED) is 0.854. The second-order valence-electron chi connectivity index (χ2n) is 5.33. The summed E-state index contributed by atoms with van der Waals surface area (Å²) in [6, 6.07) is 6.09. The molecule has 17 heavy (non-hydrogen) atoms. The molecule has 1 heterocycles. The molecule has 0 saturated heterocycles. The van der Waals surface area contributed by atoms with Crippen molar-refractivity contribution in [2.24, 2.45) is 11.7 Å². The van der Waals surface area contributed by atoms with Crippen LogP contribution < -0.4 is 15.2 Å². The number of hydrogen-bond donors (Lipinski definition) is 1. The van der Waals surface area contributed by atoms with Crippen LogP contribution in [0.1, 0.15) is 38.2 Å². The lowest BCUT2D eigenvalue weighted by Crippen LogP contribution is -2.40. The molecule has 3 rings (SSSR count). The van der Waals surface area contributed by atoms with Gasteiger partial charge < -0.3 is 15.2 Å². The molecular weight excluding hydrogens is 214 g/mol. The van der Waals surface area contributed by atoms with E-state index in [0.29, 0.717) is 12.7 Å². The lowest BCUT2D eigenvalue weighted by Gasteiger charge is -2.32. The maximum atomic E-state index is 6.54. The van der Waals surface area contributed by atoms with Crippen molar-refractivity contribution in [3.63, 3.8) is 0 Å². The molecule has 2 N–H and O–H groups in total. The second-order valence-corrected chi connectivity index (χ2v) is 5.33. The standard InChI is InChI=1S/C14H19NO2/c1-14(15,10-4-2-3-5-10)11-6-7-12-13(8-11)17-9-16-12/h6-8,10H,2-5,9,15H2,1H3. The molecular formula is C14H19NO2. The predicted molar refractivity (Wildman–Crippen MR) is 66.1 cm³/mol. The van der Waals surface area contributed by atoms with E-state index in [0.717, 1.165) is 17.1 Å². The van der Waals surface area contributed by atoms with Gasteiger partial charge in [-0.15, -0.1) is 0 Å². The van der Waals surface area contributed by atoms with E-state index in [1.54, 1.807) is 0 Å². The molecule has 1 fully saturated rings. The van der Waals surface area contributed by atoms with E-state index >= 15 is 0 Å². The van der Waals surface area contributed by atoms with Crippen LogP contribution in [0.2, 0.25) is 0 Å². The van der Waals surface area contributed by atoms with Gasteiger partial charge in [-0.1, -0.05) is 18.9 Å². The highest BCUT2D eigenvalue weighted by Crippen LogP contribution is 2.41. The predicted octanol–water partition coefficient (Wildman–Crippen LogP) is 2.78. The van der Waals surface area contributed by atoms with E-state index in [-0.39, 0.29) is 5.54 Å². The van der Waals surface area contributed by atoms with Gasteiger partial charge >= 0.3 is 0 Å². The Hall–Kier alpha value is -1.22. The van der Waals surface area contributed by atoms with Crippen LogP contribution in [0.25, 0.3) is 0 Å². The highest BCUT2D eigenvalue weighted by molar-refractivity contribution is 5.46. The molecule has 1 saturated carbocycles. The maximum absolute atomic E-state index is 6.54. The van der Waals surface area contributed by atoms with Crippen molar-refractivity contribution in [2.75, 3.05) is 6.79 Å². The zero-order valence-corrected chi connectivity index (χ0v) is 10.2. The monoisotopic (exact) mass is 233 g/mol. The summed E-state index contributed by atoms with van der Waals surface area (Å²) in [4.78, 5) is 0. The van der Waals surface area contributed by atoms with Crippen molar-refractivity contribution in [3.8, 4) is 11.5 Å². The van der Waals surface area contributed by atoms with E-state index in [1.165, 1.54) is 25.7 Å². The van der Waals surface area contributed by atoms with E-state index in [4.69, 9.17) is 15.2 Å². The minimum Gasteiger partial charge on any atom is -0.454 e. The Morgan fingerprint density at radius 3 is 2.65 bits per heavy atom. The number of hydrogen-bond acceptors (Lipinski definition) is 3. The normalized spacial score (nSPS) is 22.7. The first-order valence-corrected chi connectivity index (χ1v) is 6.37. The van der Waals surface area contributed by atoms with Crippen molar-refractivity contribution >= 4 is 0 Å². The number of benzene rings is 1. The highest BCUT2D eigenvalue weighted by atomic mass is 16.7. The maximum Gasteiger partial charge on any atom is 0.231 e. The minimum absolute atomic E-state index is 0.252. The summed E-state index contributed by atoms with van der Waals surface area (Å²) < 4.78 is 10.7. The lowest BCUT2D eigenvalue weighted by atomic mass is 9.79. The van der Waals surface area contributed by atoms with E-state index in [2.05, 4.69) is 13.0 Å². The van der Waals surface area contributed by atoms with Crippen molar-refractivity contribution in [1.29, 1.82) is 0 Å².